The number of aryl methyl sites for hydroxylation is 1. The van der Waals surface area contributed by atoms with Crippen molar-refractivity contribution in [2.24, 2.45) is 0 Å². The van der Waals surface area contributed by atoms with Crippen molar-refractivity contribution in [1.29, 1.82) is 0 Å². The van der Waals surface area contributed by atoms with E-state index in [4.69, 9.17) is 9.15 Å². The van der Waals surface area contributed by atoms with Crippen LogP contribution in [-0.2, 0) is 4.79 Å². The van der Waals surface area contributed by atoms with Crippen molar-refractivity contribution in [3.05, 3.63) is 71.1 Å². The van der Waals surface area contributed by atoms with Gasteiger partial charge in [-0.05, 0) is 43.2 Å². The normalized spacial score (nSPS) is 21.1. The fourth-order valence-corrected chi connectivity index (χ4v) is 4.16. The second kappa shape index (κ2) is 6.37. The molecule has 1 N–H and O–H groups in total. The zero-order valence-corrected chi connectivity index (χ0v) is 15.7. The molecule has 0 saturated carbocycles. The van der Waals surface area contributed by atoms with E-state index < -0.39 is 0 Å². The van der Waals surface area contributed by atoms with Crippen molar-refractivity contribution >= 4 is 11.7 Å². The Kier molecular flexibility index (Phi) is 3.82. The van der Waals surface area contributed by atoms with Crippen LogP contribution in [0.3, 0.4) is 0 Å². The fourth-order valence-electron chi connectivity index (χ4n) is 4.16. The van der Waals surface area contributed by atoms with Crippen molar-refractivity contribution in [2.75, 3.05) is 12.4 Å². The summed E-state index contributed by atoms with van der Waals surface area (Å²) in [5.41, 5.74) is 2.59. The highest BCUT2D eigenvalue weighted by Crippen LogP contribution is 2.44. The first kappa shape index (κ1) is 16.8. The van der Waals surface area contributed by atoms with Gasteiger partial charge < -0.3 is 14.5 Å². The number of nitrogens with zero attached hydrogens (tertiary/aromatic N) is 3. The van der Waals surface area contributed by atoms with E-state index >= 15 is 0 Å². The third kappa shape index (κ3) is 2.62. The molecular formula is C21H20N4O3. The van der Waals surface area contributed by atoms with Gasteiger partial charge >= 0.3 is 0 Å². The molecule has 0 radical (unpaired) electrons. The van der Waals surface area contributed by atoms with E-state index in [1.54, 1.807) is 18.1 Å². The lowest BCUT2D eigenvalue weighted by Gasteiger charge is -2.34. The quantitative estimate of drug-likeness (QED) is 0.752. The minimum Gasteiger partial charge on any atom is -0.497 e. The minimum atomic E-state index is -0.326. The molecule has 0 amide bonds. The van der Waals surface area contributed by atoms with Crippen LogP contribution in [0.5, 0.6) is 5.75 Å². The van der Waals surface area contributed by atoms with Crippen LogP contribution in [0.2, 0.25) is 0 Å². The van der Waals surface area contributed by atoms with Gasteiger partial charge in [-0.25, -0.2) is 4.68 Å². The summed E-state index contributed by atoms with van der Waals surface area (Å²) in [6, 6.07) is 11.2. The Morgan fingerprint density at radius 1 is 1.25 bits per heavy atom. The van der Waals surface area contributed by atoms with E-state index in [0.717, 1.165) is 28.3 Å². The molecule has 0 bridgehead atoms. The average Bonchev–Trinajstić information content (AvgIpc) is 3.35. The first-order valence-corrected chi connectivity index (χ1v) is 9.28. The summed E-state index contributed by atoms with van der Waals surface area (Å²) < 4.78 is 12.8. The number of carbonyl (C=O) groups excluding carboxylic acids is 1. The lowest BCUT2D eigenvalue weighted by molar-refractivity contribution is -0.117. The highest BCUT2D eigenvalue weighted by molar-refractivity contribution is 6.00. The summed E-state index contributed by atoms with van der Waals surface area (Å²) in [7, 11) is 1.64. The van der Waals surface area contributed by atoms with Gasteiger partial charge in [0, 0.05) is 23.6 Å². The highest BCUT2D eigenvalue weighted by atomic mass is 16.5. The fraction of sp³-hybridized carbons (Fsp3) is 0.286. The monoisotopic (exact) mass is 376 g/mol. The van der Waals surface area contributed by atoms with Gasteiger partial charge in [0.1, 0.15) is 23.4 Å². The van der Waals surface area contributed by atoms with Gasteiger partial charge in [0.25, 0.3) is 0 Å². The van der Waals surface area contributed by atoms with Crippen molar-refractivity contribution in [2.45, 2.75) is 31.7 Å². The number of methoxy groups -OCH3 is 1. The summed E-state index contributed by atoms with van der Waals surface area (Å²) >= 11 is 0. The first-order valence-electron chi connectivity index (χ1n) is 9.28. The number of anilines is 1. The van der Waals surface area contributed by atoms with Crippen molar-refractivity contribution in [3.8, 4) is 5.75 Å². The molecule has 2 aliphatic rings. The largest absolute Gasteiger partial charge is 0.497 e. The number of aromatic nitrogens is 3. The maximum absolute atomic E-state index is 13.3. The van der Waals surface area contributed by atoms with E-state index in [1.165, 1.54) is 0 Å². The zero-order valence-electron chi connectivity index (χ0n) is 15.7. The predicted molar refractivity (Wildman–Crippen MR) is 102 cm³/mol. The molecule has 1 aliphatic carbocycles. The highest BCUT2D eigenvalue weighted by Gasteiger charge is 2.40. The molecule has 5 rings (SSSR count). The Labute approximate surface area is 162 Å². The van der Waals surface area contributed by atoms with Crippen LogP contribution in [0.1, 0.15) is 41.9 Å². The van der Waals surface area contributed by atoms with Crippen molar-refractivity contribution < 1.29 is 13.9 Å². The topological polar surface area (TPSA) is 82.2 Å². The maximum atomic E-state index is 13.3. The Bertz CT molecular complexity index is 1080. The maximum Gasteiger partial charge on any atom is 0.226 e. The average molecular weight is 376 g/mol. The molecule has 7 nitrogen and oxygen atoms in total. The number of hydrogen-bond acceptors (Lipinski definition) is 6. The number of ketones is 1. The molecule has 0 unspecified atom stereocenters. The Balaban J connectivity index is 1.64. The van der Waals surface area contributed by atoms with Gasteiger partial charge in [-0.1, -0.05) is 12.1 Å². The van der Waals surface area contributed by atoms with Crippen molar-refractivity contribution in [1.82, 2.24) is 14.8 Å². The Hall–Kier alpha value is -3.35. The minimum absolute atomic E-state index is 0.0234. The number of nitrogens with one attached hydrogen (secondary N) is 1. The third-order valence-electron chi connectivity index (χ3n) is 5.38. The zero-order chi connectivity index (χ0) is 19.3. The predicted octanol–water partition coefficient (Wildman–Crippen LogP) is 3.60. The van der Waals surface area contributed by atoms with Crippen LogP contribution in [0, 0.1) is 6.92 Å². The molecule has 0 spiro atoms. The second-order valence-electron chi connectivity index (χ2n) is 7.17. The number of benzene rings is 1. The van der Waals surface area contributed by atoms with Crippen LogP contribution in [0.25, 0.3) is 0 Å². The van der Waals surface area contributed by atoms with Crippen LogP contribution in [0.4, 0.5) is 5.95 Å². The van der Waals surface area contributed by atoms with Gasteiger partial charge in [-0.15, -0.1) is 0 Å². The van der Waals surface area contributed by atoms with Gasteiger partial charge in [0.05, 0.1) is 13.4 Å². The molecule has 2 aromatic heterocycles. The number of carbonyl (C=O) groups is 1. The number of fused-ring (bicyclic) bond motifs is 1. The molecule has 142 valence electrons. The van der Waals surface area contributed by atoms with E-state index in [2.05, 4.69) is 15.4 Å². The van der Waals surface area contributed by atoms with Crippen LogP contribution >= 0.6 is 0 Å². The number of ether oxygens (including phenoxy) is 1. The van der Waals surface area contributed by atoms with Crippen LogP contribution < -0.4 is 10.1 Å². The molecule has 0 saturated heterocycles. The summed E-state index contributed by atoms with van der Waals surface area (Å²) in [4.78, 5) is 17.8. The number of allylic oxidation sites excluding steroid dienone is 2. The first-order chi connectivity index (χ1) is 13.6. The lowest BCUT2D eigenvalue weighted by atomic mass is 9.79. The van der Waals surface area contributed by atoms with Crippen molar-refractivity contribution in [3.63, 3.8) is 0 Å². The number of rotatable bonds is 3. The summed E-state index contributed by atoms with van der Waals surface area (Å²) in [5, 5.41) is 7.90. The molecule has 7 heteroatoms. The van der Waals surface area contributed by atoms with E-state index in [-0.39, 0.29) is 17.7 Å². The van der Waals surface area contributed by atoms with E-state index in [9.17, 15) is 4.79 Å². The van der Waals surface area contributed by atoms with Gasteiger partial charge in [0.2, 0.25) is 5.95 Å². The Morgan fingerprint density at radius 3 is 2.93 bits per heavy atom. The molecule has 3 aromatic rings. The number of furan rings is 1. The summed E-state index contributed by atoms with van der Waals surface area (Å²) in [5.74, 6) is 3.01. The number of hydrogen-bond donors (Lipinski definition) is 1. The number of Topliss-reactive ketones (excluding diaryl/α,β-unsaturated/α-hetero) is 1. The summed E-state index contributed by atoms with van der Waals surface area (Å²) in [6.07, 6.45) is 2.76. The second-order valence-corrected chi connectivity index (χ2v) is 7.17. The summed E-state index contributed by atoms with van der Waals surface area (Å²) in [6.45, 7) is 1.85. The molecule has 3 heterocycles. The third-order valence-corrected chi connectivity index (χ3v) is 5.38. The van der Waals surface area contributed by atoms with Crippen LogP contribution in [0.15, 0.2) is 58.3 Å². The SMILES string of the molecule is COc1cccc([C@@H]2C3=C(C[C@H](c4ccco4)CC3=O)Nc3nc(C)nn32)c1. The lowest BCUT2D eigenvalue weighted by Crippen LogP contribution is -2.33. The molecular weight excluding hydrogens is 356 g/mol. The smallest absolute Gasteiger partial charge is 0.226 e. The molecule has 2 atom stereocenters. The van der Waals surface area contributed by atoms with Gasteiger partial charge in [-0.3, -0.25) is 4.79 Å². The molecule has 1 aliphatic heterocycles. The molecule has 1 aromatic carbocycles. The standard InChI is InChI=1S/C21H20N4O3/c1-12-22-21-23-16-10-14(18-7-4-8-28-18)11-17(26)19(16)20(25(21)24-12)13-5-3-6-15(9-13)27-2/h3-9,14,20H,10-11H2,1-2H3,(H,22,23,24)/t14-,20+/m0/s1. The Morgan fingerprint density at radius 2 is 2.14 bits per heavy atom. The van der Waals surface area contributed by atoms with Gasteiger partial charge in [-0.2, -0.15) is 10.1 Å². The van der Waals surface area contributed by atoms with Gasteiger partial charge in [0.15, 0.2) is 5.78 Å². The van der Waals surface area contributed by atoms with E-state index in [0.29, 0.717) is 24.6 Å². The van der Waals surface area contributed by atoms with Crippen LogP contribution in [-0.4, -0.2) is 27.7 Å². The molecule has 0 fully saturated rings. The molecule has 28 heavy (non-hydrogen) atoms. The van der Waals surface area contributed by atoms with E-state index in [1.807, 2.05) is 43.3 Å².